The van der Waals surface area contributed by atoms with E-state index in [1.165, 1.54) is 6.07 Å². The Bertz CT molecular complexity index is 898. The number of hydrogen-bond acceptors (Lipinski definition) is 9. The van der Waals surface area contributed by atoms with Crippen LogP contribution in [-0.2, 0) is 34.0 Å². The van der Waals surface area contributed by atoms with Crippen molar-refractivity contribution >= 4 is 56.7 Å². The van der Waals surface area contributed by atoms with Crippen LogP contribution in [0.3, 0.4) is 0 Å². The molecule has 146 valence electrons. The highest BCUT2D eigenvalue weighted by molar-refractivity contribution is 14.1. The van der Waals surface area contributed by atoms with E-state index in [0.717, 1.165) is 38.7 Å². The molecule has 0 saturated carbocycles. The normalized spacial score (nSPS) is 10.4. The Morgan fingerprint density at radius 2 is 1.63 bits per heavy atom. The summed E-state index contributed by atoms with van der Waals surface area (Å²) >= 11 is 1.81. The predicted octanol–water partition coefficient (Wildman–Crippen LogP) is 1.45. The average Bonchev–Trinajstić information content (AvgIpc) is 2.60. The largest absolute Gasteiger partial charge is 0.465 e. The third-order valence-corrected chi connectivity index (χ3v) is 4.12. The van der Waals surface area contributed by atoms with Crippen LogP contribution < -0.4 is 8.92 Å². The smallest absolute Gasteiger partial charge is 0.345 e. The van der Waals surface area contributed by atoms with Crippen LogP contribution in [0.4, 0.5) is 0 Å². The van der Waals surface area contributed by atoms with Gasteiger partial charge in [0, 0.05) is 17.7 Å². The third kappa shape index (κ3) is 6.67. The highest BCUT2D eigenvalue weighted by Crippen LogP contribution is 2.33. The fraction of sp³-hybridized carbons (Fsp3) is 0.188. The molecule has 0 radical (unpaired) electrons. The zero-order chi connectivity index (χ0) is 20.8. The summed E-state index contributed by atoms with van der Waals surface area (Å²) in [5.74, 6) is -3.05. The molecule has 0 aromatic heterocycles. The Hall–Kier alpha value is -2.41. The minimum Gasteiger partial charge on any atom is -0.465 e. The zero-order valence-electron chi connectivity index (χ0n) is 14.5. The maximum absolute atomic E-state index is 11.8. The van der Waals surface area contributed by atoms with Gasteiger partial charge in [-0.1, -0.05) is 6.58 Å². The number of hydrogen-bond donors (Lipinski definition) is 0. The van der Waals surface area contributed by atoms with Gasteiger partial charge in [0.2, 0.25) is 0 Å². The van der Waals surface area contributed by atoms with Crippen molar-refractivity contribution in [2.24, 2.45) is 0 Å². The van der Waals surface area contributed by atoms with E-state index in [-0.39, 0.29) is 17.1 Å². The second-order valence-corrected chi connectivity index (χ2v) is 7.51. The Kier molecular flexibility index (Phi) is 7.97. The van der Waals surface area contributed by atoms with Crippen molar-refractivity contribution in [1.82, 2.24) is 0 Å². The van der Waals surface area contributed by atoms with Gasteiger partial charge >= 0.3 is 28.0 Å². The monoisotopic (exact) mass is 510 g/mol. The standard InChI is InChI=1S/C16H15IO9S/c1-5-14(18)25-13-8-12(26-27(4,21)22)9(7-11(13)17)6-10(15(19)23-2)16(20)24-3/h5-8H,1H2,2-4H3. The Labute approximate surface area is 169 Å². The lowest BCUT2D eigenvalue weighted by Crippen LogP contribution is -2.16. The lowest BCUT2D eigenvalue weighted by molar-refractivity contribution is -0.143. The molecule has 0 N–H and O–H groups in total. The molecule has 0 bridgehead atoms. The summed E-state index contributed by atoms with van der Waals surface area (Å²) in [7, 11) is -1.85. The van der Waals surface area contributed by atoms with Crippen molar-refractivity contribution in [2.45, 2.75) is 0 Å². The van der Waals surface area contributed by atoms with Gasteiger partial charge in [-0.05, 0) is 34.7 Å². The van der Waals surface area contributed by atoms with Crippen LogP contribution in [0, 0.1) is 3.57 Å². The van der Waals surface area contributed by atoms with Gasteiger partial charge in [0.05, 0.1) is 24.0 Å². The van der Waals surface area contributed by atoms with Crippen molar-refractivity contribution in [1.29, 1.82) is 0 Å². The van der Waals surface area contributed by atoms with Crippen LogP contribution in [0.15, 0.2) is 30.4 Å². The molecule has 11 heteroatoms. The van der Waals surface area contributed by atoms with Gasteiger partial charge in [-0.3, -0.25) is 0 Å². The van der Waals surface area contributed by atoms with E-state index in [2.05, 4.69) is 16.1 Å². The minimum atomic E-state index is -3.98. The van der Waals surface area contributed by atoms with E-state index in [1.54, 1.807) is 0 Å². The second kappa shape index (κ2) is 9.50. The summed E-state index contributed by atoms with van der Waals surface area (Å²) in [6.45, 7) is 3.27. The number of carbonyl (C=O) groups is 3. The molecule has 0 aliphatic rings. The number of halogens is 1. The summed E-state index contributed by atoms with van der Waals surface area (Å²) < 4.78 is 42.4. The van der Waals surface area contributed by atoms with Crippen LogP contribution >= 0.6 is 22.6 Å². The molecule has 1 aromatic rings. The van der Waals surface area contributed by atoms with E-state index >= 15 is 0 Å². The fourth-order valence-corrected chi connectivity index (χ4v) is 2.77. The lowest BCUT2D eigenvalue weighted by Gasteiger charge is -2.12. The van der Waals surface area contributed by atoms with Gasteiger partial charge in [-0.2, -0.15) is 8.42 Å². The topological polar surface area (TPSA) is 122 Å². The SMILES string of the molecule is C=CC(=O)Oc1cc(OS(C)(=O)=O)c(C=C(C(=O)OC)C(=O)OC)cc1I. The maximum Gasteiger partial charge on any atom is 0.345 e. The molecule has 0 unspecified atom stereocenters. The average molecular weight is 510 g/mol. The quantitative estimate of drug-likeness (QED) is 0.102. The molecular weight excluding hydrogens is 495 g/mol. The Morgan fingerprint density at radius 1 is 1.07 bits per heavy atom. The van der Waals surface area contributed by atoms with E-state index < -0.39 is 33.6 Å². The van der Waals surface area contributed by atoms with Crippen LogP contribution in [0.2, 0.25) is 0 Å². The Balaban J connectivity index is 3.63. The molecule has 1 rings (SSSR count). The molecule has 0 saturated heterocycles. The molecule has 0 spiro atoms. The molecule has 9 nitrogen and oxygen atoms in total. The van der Waals surface area contributed by atoms with Crippen LogP contribution in [0.1, 0.15) is 5.56 Å². The van der Waals surface area contributed by atoms with Gasteiger partial charge in [0.1, 0.15) is 11.3 Å². The molecular formula is C16H15IO9S. The highest BCUT2D eigenvalue weighted by Gasteiger charge is 2.22. The molecule has 0 fully saturated rings. The summed E-state index contributed by atoms with van der Waals surface area (Å²) in [6.07, 6.45) is 2.77. The van der Waals surface area contributed by atoms with Crippen molar-refractivity contribution in [3.8, 4) is 11.5 Å². The minimum absolute atomic E-state index is 0.00557. The van der Waals surface area contributed by atoms with Gasteiger partial charge in [0.15, 0.2) is 5.75 Å². The molecule has 1 aromatic carbocycles. The first-order valence-electron chi connectivity index (χ1n) is 6.98. The number of rotatable bonds is 7. The number of carbonyl (C=O) groups excluding carboxylic acids is 3. The highest BCUT2D eigenvalue weighted by atomic mass is 127. The van der Waals surface area contributed by atoms with Crippen molar-refractivity contribution in [3.63, 3.8) is 0 Å². The first-order valence-corrected chi connectivity index (χ1v) is 9.87. The van der Waals surface area contributed by atoms with Gasteiger partial charge in [-0.15, -0.1) is 0 Å². The summed E-state index contributed by atoms with van der Waals surface area (Å²) in [4.78, 5) is 35.0. The van der Waals surface area contributed by atoms with Crippen LogP contribution in [-0.4, -0.2) is 46.8 Å². The van der Waals surface area contributed by atoms with E-state index in [9.17, 15) is 22.8 Å². The number of methoxy groups -OCH3 is 2. The van der Waals surface area contributed by atoms with Crippen molar-refractivity contribution < 1.29 is 41.2 Å². The zero-order valence-corrected chi connectivity index (χ0v) is 17.5. The number of ether oxygens (including phenoxy) is 3. The predicted molar refractivity (Wildman–Crippen MR) is 102 cm³/mol. The second-order valence-electron chi connectivity index (χ2n) is 4.77. The number of benzene rings is 1. The molecule has 0 atom stereocenters. The molecule has 27 heavy (non-hydrogen) atoms. The fourth-order valence-electron chi connectivity index (χ4n) is 1.70. The summed E-state index contributed by atoms with van der Waals surface area (Å²) in [6, 6.07) is 2.47. The molecule has 0 heterocycles. The molecule has 0 aliphatic carbocycles. The van der Waals surface area contributed by atoms with Crippen molar-refractivity contribution in [2.75, 3.05) is 20.5 Å². The van der Waals surface area contributed by atoms with Crippen LogP contribution in [0.25, 0.3) is 6.08 Å². The van der Waals surface area contributed by atoms with Gasteiger partial charge in [-0.25, -0.2) is 14.4 Å². The number of esters is 3. The maximum atomic E-state index is 11.8. The first kappa shape index (κ1) is 22.6. The van der Waals surface area contributed by atoms with Gasteiger partial charge in [0.25, 0.3) is 0 Å². The molecule has 0 aliphatic heterocycles. The first-order chi connectivity index (χ1) is 12.5. The Morgan fingerprint density at radius 3 is 2.07 bits per heavy atom. The van der Waals surface area contributed by atoms with E-state index in [0.29, 0.717) is 3.57 Å². The summed E-state index contributed by atoms with van der Waals surface area (Å²) in [5.41, 5.74) is -0.459. The van der Waals surface area contributed by atoms with Crippen molar-refractivity contribution in [3.05, 3.63) is 39.5 Å². The summed E-state index contributed by atoms with van der Waals surface area (Å²) in [5, 5.41) is 0. The van der Waals surface area contributed by atoms with E-state index in [1.807, 2.05) is 22.6 Å². The third-order valence-electron chi connectivity index (χ3n) is 2.79. The lowest BCUT2D eigenvalue weighted by atomic mass is 10.1. The van der Waals surface area contributed by atoms with E-state index in [4.69, 9.17) is 8.92 Å². The molecule has 0 amide bonds. The van der Waals surface area contributed by atoms with Crippen LogP contribution in [0.5, 0.6) is 11.5 Å². The van der Waals surface area contributed by atoms with Gasteiger partial charge < -0.3 is 18.4 Å².